The SMILES string of the molecule is CC1CCN(S(=O)(=O)c2cccc(-c3nn(-c4ccccc4)cc3C=C3SC(=S)N(Cc4ccccc4)C3=O)c2)CC1. The van der Waals surface area contributed by atoms with Gasteiger partial charge in [0.25, 0.3) is 5.91 Å². The molecule has 0 N–H and O–H groups in total. The molecule has 0 spiro atoms. The second-order valence-corrected chi connectivity index (χ2v) is 14.2. The molecule has 7 nitrogen and oxygen atoms in total. The van der Waals surface area contributed by atoms with Crippen LogP contribution in [0.1, 0.15) is 30.9 Å². The molecular weight excluding hydrogens is 585 g/mol. The predicted molar refractivity (Wildman–Crippen MR) is 171 cm³/mol. The molecule has 3 aromatic carbocycles. The number of carbonyl (C=O) groups excluding carboxylic acids is 1. The maximum atomic E-state index is 13.6. The molecule has 0 aliphatic carbocycles. The van der Waals surface area contributed by atoms with Crippen molar-refractivity contribution in [2.24, 2.45) is 5.92 Å². The summed E-state index contributed by atoms with van der Waals surface area (Å²) in [6, 6.07) is 26.3. The van der Waals surface area contributed by atoms with Crippen molar-refractivity contribution >= 4 is 50.3 Å². The summed E-state index contributed by atoms with van der Waals surface area (Å²) in [5.74, 6) is 0.357. The Labute approximate surface area is 255 Å². The molecule has 0 saturated carbocycles. The van der Waals surface area contributed by atoms with Gasteiger partial charge >= 0.3 is 0 Å². The number of carbonyl (C=O) groups is 1. The van der Waals surface area contributed by atoms with Crippen molar-refractivity contribution in [2.45, 2.75) is 31.2 Å². The van der Waals surface area contributed by atoms with Crippen LogP contribution < -0.4 is 0 Å². The molecule has 0 unspecified atom stereocenters. The summed E-state index contributed by atoms with van der Waals surface area (Å²) in [6.45, 7) is 3.59. The van der Waals surface area contributed by atoms with Gasteiger partial charge < -0.3 is 0 Å². The van der Waals surface area contributed by atoms with E-state index in [-0.39, 0.29) is 10.8 Å². The number of thiocarbonyl (C=S) groups is 1. The first-order valence-corrected chi connectivity index (χ1v) is 16.5. The smallest absolute Gasteiger partial charge is 0.266 e. The highest BCUT2D eigenvalue weighted by atomic mass is 32.2. The quantitative estimate of drug-likeness (QED) is 0.178. The zero-order valence-electron chi connectivity index (χ0n) is 23.1. The molecule has 4 aromatic rings. The van der Waals surface area contributed by atoms with E-state index in [1.54, 1.807) is 38.2 Å². The van der Waals surface area contributed by atoms with Crippen molar-refractivity contribution in [3.05, 3.63) is 107 Å². The Morgan fingerprint density at radius 2 is 1.67 bits per heavy atom. The first kappa shape index (κ1) is 28.5. The van der Waals surface area contributed by atoms with E-state index in [1.165, 1.54) is 11.8 Å². The second-order valence-electron chi connectivity index (χ2n) is 10.6. The number of hydrogen-bond acceptors (Lipinski definition) is 6. The summed E-state index contributed by atoms with van der Waals surface area (Å²) in [6.07, 6.45) is 5.38. The van der Waals surface area contributed by atoms with Crippen molar-refractivity contribution in [3.8, 4) is 16.9 Å². The Balaban J connectivity index is 1.37. The average molecular weight is 615 g/mol. The van der Waals surface area contributed by atoms with E-state index in [4.69, 9.17) is 17.3 Å². The molecule has 2 fully saturated rings. The third-order valence-electron chi connectivity index (χ3n) is 7.59. The number of rotatable bonds is 7. The summed E-state index contributed by atoms with van der Waals surface area (Å²) < 4.78 is 30.9. The fourth-order valence-corrected chi connectivity index (χ4v) is 7.91. The van der Waals surface area contributed by atoms with Gasteiger partial charge in [0.1, 0.15) is 10.0 Å². The monoisotopic (exact) mass is 614 g/mol. The Morgan fingerprint density at radius 1 is 0.976 bits per heavy atom. The molecule has 2 aliphatic rings. The van der Waals surface area contributed by atoms with Crippen LogP contribution >= 0.6 is 24.0 Å². The van der Waals surface area contributed by atoms with Crippen LogP contribution in [0.15, 0.2) is 101 Å². The van der Waals surface area contributed by atoms with E-state index in [0.29, 0.717) is 51.6 Å². The van der Waals surface area contributed by atoms with Gasteiger partial charge in [-0.15, -0.1) is 0 Å². The van der Waals surface area contributed by atoms with Gasteiger partial charge in [0.15, 0.2) is 0 Å². The van der Waals surface area contributed by atoms with Crippen LogP contribution in [0, 0.1) is 5.92 Å². The van der Waals surface area contributed by atoms with E-state index in [2.05, 4.69) is 6.92 Å². The minimum absolute atomic E-state index is 0.164. The van der Waals surface area contributed by atoms with E-state index in [1.807, 2.05) is 72.9 Å². The summed E-state index contributed by atoms with van der Waals surface area (Å²) in [5.41, 5.74) is 3.77. The molecule has 3 heterocycles. The largest absolute Gasteiger partial charge is 0.288 e. The lowest BCUT2D eigenvalue weighted by atomic mass is 10.0. The predicted octanol–water partition coefficient (Wildman–Crippen LogP) is 6.36. The fourth-order valence-electron chi connectivity index (χ4n) is 5.15. The number of sulfonamides is 1. The van der Waals surface area contributed by atoms with Gasteiger partial charge in [-0.05, 0) is 54.7 Å². The van der Waals surface area contributed by atoms with Crippen LogP contribution in [-0.4, -0.2) is 50.7 Å². The minimum atomic E-state index is -3.65. The first-order chi connectivity index (χ1) is 20.3. The highest BCUT2D eigenvalue weighted by Gasteiger charge is 2.33. The third kappa shape index (κ3) is 5.85. The van der Waals surface area contributed by atoms with Crippen LogP contribution in [0.3, 0.4) is 0 Å². The maximum absolute atomic E-state index is 13.6. The molecule has 2 saturated heterocycles. The zero-order chi connectivity index (χ0) is 29.3. The highest BCUT2D eigenvalue weighted by molar-refractivity contribution is 8.26. The van der Waals surface area contributed by atoms with Gasteiger partial charge in [0, 0.05) is 30.4 Å². The van der Waals surface area contributed by atoms with Crippen molar-refractivity contribution in [2.75, 3.05) is 13.1 Å². The number of benzene rings is 3. The number of hydrogen-bond donors (Lipinski definition) is 0. The fraction of sp³-hybridized carbons (Fsp3) is 0.219. The second kappa shape index (κ2) is 12.0. The number of para-hydroxylation sites is 1. The summed E-state index contributed by atoms with van der Waals surface area (Å²) in [4.78, 5) is 15.8. The summed E-state index contributed by atoms with van der Waals surface area (Å²) >= 11 is 6.84. The number of thioether (sulfide) groups is 1. The lowest BCUT2D eigenvalue weighted by molar-refractivity contribution is -0.122. The summed E-state index contributed by atoms with van der Waals surface area (Å²) in [5, 5.41) is 4.87. The van der Waals surface area contributed by atoms with Gasteiger partial charge in [0.05, 0.1) is 22.0 Å². The molecule has 214 valence electrons. The number of amides is 1. The van der Waals surface area contributed by atoms with Crippen molar-refractivity contribution in [3.63, 3.8) is 0 Å². The Bertz CT molecular complexity index is 1760. The molecule has 0 radical (unpaired) electrons. The topological polar surface area (TPSA) is 75.5 Å². The van der Waals surface area contributed by atoms with E-state index < -0.39 is 10.0 Å². The van der Waals surface area contributed by atoms with Gasteiger partial charge in [-0.3, -0.25) is 9.69 Å². The summed E-state index contributed by atoms with van der Waals surface area (Å²) in [7, 11) is -3.65. The lowest BCUT2D eigenvalue weighted by Gasteiger charge is -2.29. The van der Waals surface area contributed by atoms with Gasteiger partial charge in [0.2, 0.25) is 10.0 Å². The van der Waals surface area contributed by atoms with Gasteiger partial charge in [-0.2, -0.15) is 9.40 Å². The standard InChI is InChI=1S/C32H30N4O3S3/c1-23-15-17-34(18-16-23)42(38,39)28-14-8-11-25(19-28)30-26(22-36(33-30)27-12-6-3-7-13-27)20-29-31(37)35(32(40)41-29)21-24-9-4-2-5-10-24/h2-14,19-20,22-23H,15-18,21H2,1H3. The third-order valence-corrected chi connectivity index (χ3v) is 10.9. The molecule has 6 rings (SSSR count). The lowest BCUT2D eigenvalue weighted by Crippen LogP contribution is -2.37. The molecule has 42 heavy (non-hydrogen) atoms. The molecule has 0 bridgehead atoms. The van der Waals surface area contributed by atoms with Crippen molar-refractivity contribution in [1.82, 2.24) is 19.0 Å². The molecule has 1 aromatic heterocycles. The van der Waals surface area contributed by atoms with Crippen LogP contribution in [0.2, 0.25) is 0 Å². The number of aromatic nitrogens is 2. The zero-order valence-corrected chi connectivity index (χ0v) is 25.5. The van der Waals surface area contributed by atoms with Crippen molar-refractivity contribution < 1.29 is 13.2 Å². The Kier molecular flexibility index (Phi) is 8.13. The van der Waals surface area contributed by atoms with E-state index in [9.17, 15) is 13.2 Å². The minimum Gasteiger partial charge on any atom is -0.288 e. The van der Waals surface area contributed by atoms with E-state index in [0.717, 1.165) is 24.1 Å². The van der Waals surface area contributed by atoms with Crippen LogP contribution in [0.4, 0.5) is 0 Å². The average Bonchev–Trinajstić information content (AvgIpc) is 3.55. The maximum Gasteiger partial charge on any atom is 0.266 e. The number of nitrogens with zero attached hydrogens (tertiary/aromatic N) is 4. The van der Waals surface area contributed by atoms with Crippen LogP contribution in [0.5, 0.6) is 0 Å². The molecule has 2 aliphatic heterocycles. The molecule has 10 heteroatoms. The molecule has 1 amide bonds. The van der Waals surface area contributed by atoms with Crippen molar-refractivity contribution in [1.29, 1.82) is 0 Å². The van der Waals surface area contributed by atoms with Crippen LogP contribution in [-0.2, 0) is 21.4 Å². The van der Waals surface area contributed by atoms with Gasteiger partial charge in [-0.1, -0.05) is 91.6 Å². The van der Waals surface area contributed by atoms with Crippen LogP contribution in [0.25, 0.3) is 23.0 Å². The normalized spacial score (nSPS) is 17.8. The first-order valence-electron chi connectivity index (χ1n) is 13.8. The van der Waals surface area contributed by atoms with Gasteiger partial charge in [-0.25, -0.2) is 13.1 Å². The Hall–Kier alpha value is -3.57. The Morgan fingerprint density at radius 3 is 2.38 bits per heavy atom. The van der Waals surface area contributed by atoms with E-state index >= 15 is 0 Å². The highest BCUT2D eigenvalue weighted by Crippen LogP contribution is 2.36. The molecule has 0 atom stereocenters. The molecular formula is C32H30N4O3S3. The number of piperidine rings is 1.